The molecule has 0 spiro atoms. The molecule has 0 fully saturated rings. The van der Waals surface area contributed by atoms with Crippen molar-refractivity contribution in [2.45, 2.75) is 0 Å². The minimum absolute atomic E-state index is 0.214. The van der Waals surface area contributed by atoms with Crippen molar-refractivity contribution >= 4 is 10.8 Å². The van der Waals surface area contributed by atoms with Gasteiger partial charge in [0.1, 0.15) is 5.75 Å². The lowest BCUT2D eigenvalue weighted by molar-refractivity contribution is 0.481. The lowest BCUT2D eigenvalue weighted by atomic mass is 10.1. The van der Waals surface area contributed by atoms with Gasteiger partial charge in [0.05, 0.1) is 9.60 Å². The second-order valence-electron chi connectivity index (χ2n) is 1.95. The van der Waals surface area contributed by atoms with Gasteiger partial charge >= 0.3 is 0 Å². The van der Waals surface area contributed by atoms with Crippen LogP contribution in [0.3, 0.4) is 0 Å². The number of fused-ring (bicyclic) bond motifs is 1. The fraction of sp³-hybridized carbons (Fsp3) is 0. The van der Waals surface area contributed by atoms with E-state index in [0.29, 0.717) is 0 Å². The van der Waals surface area contributed by atoms with Crippen molar-refractivity contribution in [3.05, 3.63) is 42.3 Å². The molecule has 0 atom stereocenters. The van der Waals surface area contributed by atoms with Crippen LogP contribution in [0.15, 0.2) is 42.3 Å². The third-order valence-corrected chi connectivity index (χ3v) is 1.28. The van der Waals surface area contributed by atoms with Gasteiger partial charge in [0, 0.05) is 5.39 Å². The highest BCUT2D eigenvalue weighted by Gasteiger charge is 1.94. The number of phenols is 1. The minimum Gasteiger partial charge on any atom is -0.507 e. The van der Waals surface area contributed by atoms with Crippen molar-refractivity contribution in [1.29, 1.82) is 1.43 Å². The highest BCUT2D eigenvalue weighted by Crippen LogP contribution is 2.22. The molecule has 2 aromatic carbocycles. The van der Waals surface area contributed by atoms with Gasteiger partial charge in [0.2, 0.25) is 0 Å². The van der Waals surface area contributed by atoms with Gasteiger partial charge in [0.15, 0.2) is 0 Å². The first kappa shape index (κ1) is 2.01. The molecule has 54 valence electrons. The van der Waals surface area contributed by atoms with Gasteiger partial charge in [-0.1, -0.05) is 36.3 Å². The van der Waals surface area contributed by atoms with Gasteiger partial charge in [0.25, 0.3) is 1.43 Å². The van der Waals surface area contributed by atoms with Gasteiger partial charge in [-0.25, -0.2) is 0 Å². The maximum atomic E-state index is 7.75. The quantitative estimate of drug-likeness (QED) is 0.665. The van der Waals surface area contributed by atoms with Crippen LogP contribution < -0.4 is 0 Å². The van der Waals surface area contributed by atoms with Crippen LogP contribution in [0.5, 0.6) is 5.75 Å². The Morgan fingerprint density at radius 3 is 2.82 bits per heavy atom. The maximum Gasteiger partial charge on any atom is 0.293 e. The third-order valence-electron chi connectivity index (χ3n) is 1.28. The van der Waals surface area contributed by atoms with Crippen LogP contribution >= 0.6 is 0 Å². The molecule has 0 radical (unpaired) electrons. The number of rotatable bonds is 1. The van der Waals surface area contributed by atoms with Crippen LogP contribution in [0, 0.1) is 0 Å². The van der Waals surface area contributed by atoms with Crippen molar-refractivity contribution in [2.24, 2.45) is 0 Å². The first-order valence-electron chi connectivity index (χ1n) is 6.86. The molecule has 0 amide bonds. The summed E-state index contributed by atoms with van der Waals surface area (Å²) >= 11 is 0. The molecule has 1 N–H and O–H groups in total. The lowest BCUT2D eigenvalue weighted by Crippen LogP contribution is -1.70. The molecular weight excluding hydrogens is 136 g/mol. The van der Waals surface area contributed by atoms with Crippen molar-refractivity contribution in [3.63, 3.8) is 0 Å². The van der Waals surface area contributed by atoms with Crippen molar-refractivity contribution in [1.82, 2.24) is 0 Å². The molecule has 2 aromatic rings. The highest BCUT2D eigenvalue weighted by atomic mass is 16.3. The van der Waals surface area contributed by atoms with Crippen LogP contribution in [0.2, 0.25) is 0 Å². The zero-order valence-corrected chi connectivity index (χ0v) is 5.41. The smallest absolute Gasteiger partial charge is 0.293 e. The van der Waals surface area contributed by atoms with E-state index >= 15 is 0 Å². The summed E-state index contributed by atoms with van der Waals surface area (Å²) in [7, 11) is 0. The van der Waals surface area contributed by atoms with Crippen LogP contribution in [-0.4, -0.2) is 6.54 Å². The summed E-state index contributed by atoms with van der Waals surface area (Å²) in [5, 5.41) is 3.81. The van der Waals surface area contributed by atoms with E-state index in [1.54, 1.807) is 0 Å². The molecule has 0 aromatic heterocycles. The number of benzene rings is 2. The largest absolute Gasteiger partial charge is 0.507 e. The Kier molecular flexibility index (Phi) is 0.415. The van der Waals surface area contributed by atoms with Crippen LogP contribution in [-0.2, 0) is 0 Å². The van der Waals surface area contributed by atoms with E-state index in [0.717, 1.165) is 0 Å². The Morgan fingerprint density at radius 2 is 1.91 bits per heavy atom. The number of aromatic hydroxyl groups is 1. The van der Waals surface area contributed by atoms with Crippen molar-refractivity contribution < 1.29 is 14.7 Å². The summed E-state index contributed by atoms with van der Waals surface area (Å²) in [4.78, 5) is 0. The molecule has 0 saturated carbocycles. The first-order chi connectivity index (χ1) is 8.82. The molecule has 0 saturated heterocycles. The summed E-state index contributed by atoms with van der Waals surface area (Å²) < 4.78 is 60.4. The molecule has 1 heteroatoms. The fourth-order valence-electron chi connectivity index (χ4n) is 0.790. The normalized spacial score (nSPS) is 20.0. The Balaban J connectivity index is 3.21. The van der Waals surface area contributed by atoms with Gasteiger partial charge < -0.3 is 5.11 Å². The molecule has 2 rings (SSSR count). The zero-order valence-electron chi connectivity index (χ0n) is 13.4. The molecule has 0 aliphatic carbocycles. The molecule has 0 aliphatic heterocycles. The summed E-state index contributed by atoms with van der Waals surface area (Å²) in [5.41, 5.74) is 0. The van der Waals surface area contributed by atoms with Gasteiger partial charge in [-0.3, -0.25) is 0 Å². The average molecular weight is 152 g/mol. The van der Waals surface area contributed by atoms with E-state index in [4.69, 9.17) is 11.0 Å². The Bertz CT molecular complexity index is 688. The molecule has 0 aliphatic rings. The molecule has 1 nitrogen and oxygen atoms in total. The summed E-state index contributed by atoms with van der Waals surface area (Å²) in [6, 6.07) is -3.59. The second kappa shape index (κ2) is 2.27. The average Bonchev–Trinajstić information content (AvgIpc) is 2.40. The van der Waals surface area contributed by atoms with Gasteiger partial charge in [-0.15, -0.1) is 0 Å². The lowest BCUT2D eigenvalue weighted by Gasteiger charge is -1.97. The number of hydrogen-bond donors (Lipinski definition) is 1. The van der Waals surface area contributed by atoms with Crippen LogP contribution in [0.25, 0.3) is 10.8 Å². The van der Waals surface area contributed by atoms with Crippen molar-refractivity contribution in [3.8, 4) is 5.75 Å². The van der Waals surface area contributed by atoms with Crippen LogP contribution in [0.1, 0.15) is 9.60 Å². The van der Waals surface area contributed by atoms with E-state index in [1.807, 2.05) is 0 Å². The topological polar surface area (TPSA) is 20.2 Å². The van der Waals surface area contributed by atoms with E-state index in [9.17, 15) is 0 Å². The third kappa shape index (κ3) is 0.944. The number of hydrogen-bond acceptors (Lipinski definition) is 1. The molecule has 0 unspecified atom stereocenters. The molecule has 0 heterocycles. The minimum atomic E-state index is -0.544. The highest BCUT2D eigenvalue weighted by molar-refractivity contribution is 5.87. The predicted molar refractivity (Wildman–Crippen MR) is 45.6 cm³/mol. The number of phenolic OH excluding ortho intramolecular Hbond substituents is 1. The van der Waals surface area contributed by atoms with Crippen molar-refractivity contribution in [2.75, 3.05) is 0 Å². The van der Waals surface area contributed by atoms with Gasteiger partial charge in [-0.2, -0.15) is 0 Å². The molecular formula is C10H8O. The molecule has 0 bridgehead atoms. The Morgan fingerprint density at radius 1 is 1.09 bits per heavy atom. The molecule has 11 heavy (non-hydrogen) atoms. The monoisotopic (exact) mass is 152 g/mol. The van der Waals surface area contributed by atoms with E-state index in [2.05, 4.69) is 5.11 Å². The van der Waals surface area contributed by atoms with Crippen LogP contribution in [0.4, 0.5) is 0 Å². The van der Waals surface area contributed by atoms with E-state index in [1.165, 1.54) is 0 Å². The first-order valence-corrected chi connectivity index (χ1v) is 2.95. The predicted octanol–water partition coefficient (Wildman–Crippen LogP) is 2.55. The maximum absolute atomic E-state index is 7.75. The second-order valence-corrected chi connectivity index (χ2v) is 1.95. The fourth-order valence-corrected chi connectivity index (χ4v) is 0.790. The van der Waals surface area contributed by atoms with E-state index in [-0.39, 0.29) is 10.8 Å². The standard InChI is InChI=1S/C10H8O/c11-10-7-3-5-8-4-1-2-6-9(8)10/h1-7,11H/i1D,2D,3D,4D,5D,6D,7D/hD. The Labute approximate surface area is 76.2 Å². The van der Waals surface area contributed by atoms with E-state index < -0.39 is 48.0 Å². The SMILES string of the molecule is [2H]Oc1c([2H])c([2H])c([2H])c2c([2H])c([2H])c([2H])c([2H])c12. The van der Waals surface area contributed by atoms with Gasteiger partial charge in [-0.05, 0) is 11.4 Å². The Hall–Kier alpha value is -1.50. The summed E-state index contributed by atoms with van der Waals surface area (Å²) in [6.45, 7) is 0. The summed E-state index contributed by atoms with van der Waals surface area (Å²) in [6.07, 6.45) is 0. The zero-order chi connectivity index (χ0) is 14.5. The summed E-state index contributed by atoms with van der Waals surface area (Å²) in [5.74, 6) is -0.442.